The summed E-state index contributed by atoms with van der Waals surface area (Å²) in [5.41, 5.74) is 18.3. The minimum Gasteiger partial charge on any atom is -0.310 e. The number of aromatic nitrogens is 2. The molecule has 7 heteroatoms. The molecular formula is C92H56N4S3. The molecule has 0 bridgehead atoms. The second-order valence-electron chi connectivity index (χ2n) is 26.0. The van der Waals surface area contributed by atoms with Crippen LogP contribution in [0.25, 0.3) is 159 Å². The van der Waals surface area contributed by atoms with Crippen molar-refractivity contribution in [2.24, 2.45) is 0 Å². The van der Waals surface area contributed by atoms with E-state index in [-0.39, 0.29) is 0 Å². The molecule has 16 aromatic carbocycles. The number of rotatable bonds is 10. The third kappa shape index (κ3) is 9.09. The normalized spacial score (nSPS) is 12.0. The molecule has 0 saturated carbocycles. The molecular weight excluding hydrogens is 1260 g/mol. The lowest BCUT2D eigenvalue weighted by Gasteiger charge is -2.26. The Kier molecular flexibility index (Phi) is 12.6. The number of fused-ring (bicyclic) bond motifs is 17. The maximum absolute atomic E-state index is 2.48. The van der Waals surface area contributed by atoms with Gasteiger partial charge in [-0.25, -0.2) is 0 Å². The van der Waals surface area contributed by atoms with Crippen LogP contribution in [0.2, 0.25) is 0 Å². The zero-order chi connectivity index (χ0) is 64.8. The van der Waals surface area contributed by atoms with Crippen molar-refractivity contribution in [2.45, 2.75) is 0 Å². The van der Waals surface area contributed by atoms with Gasteiger partial charge in [-0.3, -0.25) is 0 Å². The summed E-state index contributed by atoms with van der Waals surface area (Å²) in [6, 6.07) is 126. The Morgan fingerprint density at radius 3 is 0.939 bits per heavy atom. The Morgan fingerprint density at radius 2 is 0.505 bits per heavy atom. The lowest BCUT2D eigenvalue weighted by molar-refractivity contribution is 1.18. The average Bonchev–Trinajstić information content (AvgIpc) is 1.60. The van der Waals surface area contributed by atoms with Crippen molar-refractivity contribution in [1.82, 2.24) is 9.13 Å². The molecule has 0 fully saturated rings. The van der Waals surface area contributed by atoms with E-state index in [1.807, 2.05) is 34.0 Å². The van der Waals surface area contributed by atoms with Crippen LogP contribution in [0.5, 0.6) is 0 Å². The fourth-order valence-corrected chi connectivity index (χ4v) is 19.2. The molecule has 0 atom stereocenters. The molecule has 99 heavy (non-hydrogen) atoms. The molecule has 5 heterocycles. The fraction of sp³-hybridized carbons (Fsp3) is 0. The molecule has 0 aliphatic heterocycles. The maximum Gasteiger partial charge on any atom is 0.0561 e. The van der Waals surface area contributed by atoms with E-state index in [1.165, 1.54) is 148 Å². The zero-order valence-corrected chi connectivity index (χ0v) is 55.8. The molecule has 462 valence electrons. The highest BCUT2D eigenvalue weighted by Crippen LogP contribution is 2.50. The third-order valence-electron chi connectivity index (χ3n) is 20.4. The topological polar surface area (TPSA) is 16.3 Å². The van der Waals surface area contributed by atoms with Crippen LogP contribution in [0.4, 0.5) is 34.1 Å². The van der Waals surface area contributed by atoms with Gasteiger partial charge in [-0.05, 0) is 189 Å². The van der Waals surface area contributed by atoms with E-state index in [1.54, 1.807) is 0 Å². The number of thiophene rings is 3. The lowest BCUT2D eigenvalue weighted by atomic mass is 10.0. The summed E-state index contributed by atoms with van der Waals surface area (Å²) in [5.74, 6) is 0. The summed E-state index contributed by atoms with van der Waals surface area (Å²) >= 11 is 5.70. The monoisotopic (exact) mass is 1310 g/mol. The Labute approximate surface area is 581 Å². The Bertz CT molecular complexity index is 6470. The highest BCUT2D eigenvalue weighted by atomic mass is 32.1. The first-order valence-electron chi connectivity index (χ1n) is 33.7. The van der Waals surface area contributed by atoms with Gasteiger partial charge < -0.3 is 18.9 Å². The Balaban J connectivity index is 0.685. The van der Waals surface area contributed by atoms with Crippen molar-refractivity contribution >= 4 is 194 Å². The molecule has 0 amide bonds. The number of benzene rings is 16. The predicted molar refractivity (Wildman–Crippen MR) is 429 cm³/mol. The van der Waals surface area contributed by atoms with Crippen LogP contribution in [0.1, 0.15) is 0 Å². The highest BCUT2D eigenvalue weighted by molar-refractivity contribution is 7.28. The van der Waals surface area contributed by atoms with Gasteiger partial charge in [0.05, 0.1) is 22.1 Å². The number of hydrogen-bond acceptors (Lipinski definition) is 5. The first kappa shape index (κ1) is 56.1. The fourth-order valence-electron chi connectivity index (χ4n) is 15.8. The van der Waals surface area contributed by atoms with E-state index < -0.39 is 0 Å². The largest absolute Gasteiger partial charge is 0.310 e. The van der Waals surface area contributed by atoms with Gasteiger partial charge in [-0.15, -0.1) is 34.0 Å². The zero-order valence-electron chi connectivity index (χ0n) is 53.3. The summed E-state index contributed by atoms with van der Waals surface area (Å²) in [4.78, 5) is 4.92. The molecule has 21 aromatic rings. The molecule has 0 spiro atoms. The number of anilines is 6. The van der Waals surface area contributed by atoms with E-state index >= 15 is 0 Å². The molecule has 0 radical (unpaired) electrons. The van der Waals surface area contributed by atoms with Crippen molar-refractivity contribution in [2.75, 3.05) is 9.80 Å². The van der Waals surface area contributed by atoms with Crippen molar-refractivity contribution in [1.29, 1.82) is 0 Å². The minimum absolute atomic E-state index is 1.09. The first-order chi connectivity index (χ1) is 49.0. The van der Waals surface area contributed by atoms with E-state index in [4.69, 9.17) is 0 Å². The van der Waals surface area contributed by atoms with Crippen molar-refractivity contribution in [3.8, 4) is 33.6 Å². The molecule has 5 aromatic heterocycles. The Morgan fingerprint density at radius 1 is 0.182 bits per heavy atom. The number of hydrogen-bond donors (Lipinski definition) is 0. The van der Waals surface area contributed by atoms with Gasteiger partial charge in [0.1, 0.15) is 0 Å². The summed E-state index contributed by atoms with van der Waals surface area (Å²) in [6.45, 7) is 0. The van der Waals surface area contributed by atoms with Crippen LogP contribution in [-0.4, -0.2) is 9.13 Å². The standard InChI is InChI=1S/C92H56N4S3/c1-3-23-65(24-4-1)95-83-31-13-11-29-73(83)75-41-37-69(49-85(75)95)93(67-27-15-21-61(47-67)63-35-33-57-17-7-9-19-59(57)45-63)71-39-43-77-79-53-91-81(55-89(79)97-87(77)51-71)82-56-90-80(54-92(82)99-91)78-44-40-72(52-88(78)98-90)94(68-28-16-22-62(48-68)64-36-34-58-18-8-10-20-60(58)46-64)70-38-42-76-74-30-12-14-32-84(74)96(86(76)50-70)66-25-5-2-6-26-66/h1-56H. The molecule has 0 unspecified atom stereocenters. The van der Waals surface area contributed by atoms with Crippen molar-refractivity contribution in [3.63, 3.8) is 0 Å². The number of nitrogens with zero attached hydrogens (tertiary/aromatic N) is 4. The quantitative estimate of drug-likeness (QED) is 0.136. The smallest absolute Gasteiger partial charge is 0.0561 e. The molecule has 0 aliphatic rings. The van der Waals surface area contributed by atoms with E-state index in [0.29, 0.717) is 0 Å². The van der Waals surface area contributed by atoms with Crippen LogP contribution in [-0.2, 0) is 0 Å². The SMILES string of the molecule is c1ccc(-n2c3ccccc3c3ccc(N(c4cccc(-c5ccc6ccccc6c5)c4)c4ccc5c(c4)sc4cc6c(cc45)sc4cc5c(cc46)sc4cc(N(c6cccc(-c7ccc8ccccc8c7)c6)c6ccc7c8ccccc8n(-c8ccccc8)c7c6)ccc45)cc32)cc1. The van der Waals surface area contributed by atoms with Gasteiger partial charge in [-0.1, -0.05) is 194 Å². The maximum atomic E-state index is 2.48. The van der Waals surface area contributed by atoms with Crippen LogP contribution < -0.4 is 9.80 Å². The summed E-state index contributed by atoms with van der Waals surface area (Å²) < 4.78 is 12.6. The van der Waals surface area contributed by atoms with Crippen LogP contribution >= 0.6 is 34.0 Å². The van der Waals surface area contributed by atoms with Gasteiger partial charge in [-0.2, -0.15) is 0 Å². The molecule has 21 rings (SSSR count). The Hall–Kier alpha value is -12.1. The second-order valence-corrected chi connectivity index (χ2v) is 29.3. The van der Waals surface area contributed by atoms with Crippen LogP contribution in [0.15, 0.2) is 340 Å². The van der Waals surface area contributed by atoms with E-state index in [9.17, 15) is 0 Å². The van der Waals surface area contributed by atoms with Crippen LogP contribution in [0.3, 0.4) is 0 Å². The van der Waals surface area contributed by atoms with Gasteiger partial charge in [0.2, 0.25) is 0 Å². The van der Waals surface area contributed by atoms with Crippen LogP contribution in [0, 0.1) is 0 Å². The molecule has 0 N–H and O–H groups in total. The van der Waals surface area contributed by atoms with Gasteiger partial charge in [0, 0.05) is 128 Å². The van der Waals surface area contributed by atoms with Crippen molar-refractivity contribution < 1.29 is 0 Å². The number of para-hydroxylation sites is 4. The van der Waals surface area contributed by atoms with E-state index in [0.717, 1.165) is 45.5 Å². The third-order valence-corrected chi connectivity index (χ3v) is 23.7. The summed E-state index contributed by atoms with van der Waals surface area (Å²) in [7, 11) is 0. The molecule has 4 nitrogen and oxygen atoms in total. The first-order valence-corrected chi connectivity index (χ1v) is 36.1. The molecule has 0 aliphatic carbocycles. The minimum atomic E-state index is 1.09. The van der Waals surface area contributed by atoms with E-state index in [2.05, 4.69) is 359 Å². The summed E-state index contributed by atoms with van der Waals surface area (Å²) in [6.07, 6.45) is 0. The predicted octanol–water partition coefficient (Wildman–Crippen LogP) is 27.6. The van der Waals surface area contributed by atoms with Crippen molar-refractivity contribution in [3.05, 3.63) is 340 Å². The second kappa shape index (κ2) is 22.2. The summed E-state index contributed by atoms with van der Waals surface area (Å²) in [5, 5.41) is 17.6. The molecule has 0 saturated heterocycles. The average molecular weight is 1310 g/mol. The van der Waals surface area contributed by atoms with Gasteiger partial charge >= 0.3 is 0 Å². The lowest BCUT2D eigenvalue weighted by Crippen LogP contribution is -2.10. The van der Waals surface area contributed by atoms with Gasteiger partial charge in [0.25, 0.3) is 0 Å². The highest BCUT2D eigenvalue weighted by Gasteiger charge is 2.24. The van der Waals surface area contributed by atoms with Gasteiger partial charge in [0.15, 0.2) is 0 Å².